The zero-order valence-electron chi connectivity index (χ0n) is 9.05. The Morgan fingerprint density at radius 3 is 2.29 bits per heavy atom. The lowest BCUT2D eigenvalue weighted by molar-refractivity contribution is -0.657. The van der Waals surface area contributed by atoms with Crippen LogP contribution in [0.15, 0.2) is 0 Å². The Kier molecular flexibility index (Phi) is 10.0. The van der Waals surface area contributed by atoms with Gasteiger partial charge in [0.2, 0.25) is 0 Å². The molecule has 0 aromatic rings. The van der Waals surface area contributed by atoms with Crippen molar-refractivity contribution in [3.05, 3.63) is 0 Å². The van der Waals surface area contributed by atoms with Crippen molar-refractivity contribution in [1.82, 2.24) is 5.32 Å². The normalized spacial score (nSPS) is 15.5. The van der Waals surface area contributed by atoms with Crippen molar-refractivity contribution in [2.75, 3.05) is 26.2 Å². The number of quaternary nitrogens is 1. The maximum absolute atomic E-state index is 9.76. The number of carbonyl (C=O) groups excluding carboxylic acids is 1. The predicted octanol–water partition coefficient (Wildman–Crippen LogP) is -1.53. The van der Waals surface area contributed by atoms with Crippen LogP contribution < -0.4 is 15.7 Å². The molecule has 0 unspecified atom stereocenters. The largest absolute Gasteiger partial charge is 0.550 e. The van der Waals surface area contributed by atoms with E-state index in [4.69, 9.17) is 0 Å². The van der Waals surface area contributed by atoms with Gasteiger partial charge in [0.1, 0.15) is 0 Å². The lowest BCUT2D eigenvalue weighted by atomic mass is 10.2. The fourth-order valence-corrected chi connectivity index (χ4v) is 1.20. The minimum Gasteiger partial charge on any atom is -0.550 e. The zero-order valence-corrected chi connectivity index (χ0v) is 9.05. The van der Waals surface area contributed by atoms with Gasteiger partial charge in [0, 0.05) is 19.1 Å². The molecule has 0 aromatic carbocycles. The van der Waals surface area contributed by atoms with Gasteiger partial charge in [-0.15, -0.1) is 0 Å². The monoisotopic (exact) mass is 202 g/mol. The molecule has 3 N–H and O–H groups in total. The number of piperazine rings is 1. The number of carbonyl (C=O) groups is 1. The second-order valence-electron chi connectivity index (χ2n) is 3.45. The Morgan fingerprint density at radius 1 is 1.36 bits per heavy atom. The van der Waals surface area contributed by atoms with Gasteiger partial charge < -0.3 is 20.5 Å². The van der Waals surface area contributed by atoms with Gasteiger partial charge in [-0.25, -0.2) is 0 Å². The van der Waals surface area contributed by atoms with Crippen LogP contribution >= 0.6 is 0 Å². The van der Waals surface area contributed by atoms with Gasteiger partial charge in [-0.2, -0.15) is 0 Å². The van der Waals surface area contributed by atoms with Crippen LogP contribution in [0.1, 0.15) is 32.6 Å². The van der Waals surface area contributed by atoms with E-state index in [1.54, 1.807) is 0 Å². The summed E-state index contributed by atoms with van der Waals surface area (Å²) in [5.74, 6) is -0.932. The lowest BCUT2D eigenvalue weighted by Gasteiger charge is -2.07. The lowest BCUT2D eigenvalue weighted by Crippen LogP contribution is -2.89. The molecule has 4 heteroatoms. The van der Waals surface area contributed by atoms with Crippen LogP contribution in [0.5, 0.6) is 0 Å². The number of carboxylic acid groups (broad SMARTS) is 1. The quantitative estimate of drug-likeness (QED) is 0.543. The van der Waals surface area contributed by atoms with Crippen molar-refractivity contribution >= 4 is 5.97 Å². The number of hydrogen-bond donors (Lipinski definition) is 2. The average molecular weight is 202 g/mol. The zero-order chi connectivity index (χ0) is 10.6. The van der Waals surface area contributed by atoms with Crippen LogP contribution in [0, 0.1) is 0 Å². The number of aliphatic carboxylic acids is 1. The summed E-state index contributed by atoms with van der Waals surface area (Å²) in [5.41, 5.74) is 0. The van der Waals surface area contributed by atoms with E-state index in [-0.39, 0.29) is 6.42 Å². The number of carboxylic acids is 1. The molecule has 84 valence electrons. The number of nitrogens with two attached hydrogens (primary N) is 1. The van der Waals surface area contributed by atoms with Crippen molar-refractivity contribution in [2.45, 2.75) is 32.6 Å². The molecule has 0 spiro atoms. The molecule has 0 aromatic heterocycles. The molecule has 1 aliphatic heterocycles. The highest BCUT2D eigenvalue weighted by atomic mass is 16.4. The summed E-state index contributed by atoms with van der Waals surface area (Å²) in [6.45, 7) is 6.95. The van der Waals surface area contributed by atoms with Crippen molar-refractivity contribution in [3.8, 4) is 0 Å². The van der Waals surface area contributed by atoms with Crippen LogP contribution in [0.4, 0.5) is 0 Å². The fourth-order valence-electron chi connectivity index (χ4n) is 1.20. The van der Waals surface area contributed by atoms with Crippen LogP contribution in [0.2, 0.25) is 0 Å². The molecule has 0 aliphatic carbocycles. The first-order valence-corrected chi connectivity index (χ1v) is 5.49. The highest BCUT2D eigenvalue weighted by Crippen LogP contribution is 1.96. The van der Waals surface area contributed by atoms with Crippen LogP contribution in [0.25, 0.3) is 0 Å². The highest BCUT2D eigenvalue weighted by Gasteiger charge is 1.95. The summed E-state index contributed by atoms with van der Waals surface area (Å²) >= 11 is 0. The van der Waals surface area contributed by atoms with E-state index in [1.165, 1.54) is 26.2 Å². The number of rotatable bonds is 4. The van der Waals surface area contributed by atoms with E-state index >= 15 is 0 Å². The summed E-state index contributed by atoms with van der Waals surface area (Å²) < 4.78 is 0. The molecule has 1 aliphatic rings. The summed E-state index contributed by atoms with van der Waals surface area (Å²) in [5, 5.41) is 15.3. The maximum Gasteiger partial charge on any atom is 0.0882 e. The smallest absolute Gasteiger partial charge is 0.0882 e. The first kappa shape index (κ1) is 13.4. The molecule has 1 fully saturated rings. The van der Waals surface area contributed by atoms with Gasteiger partial charge >= 0.3 is 0 Å². The van der Waals surface area contributed by atoms with Crippen molar-refractivity contribution in [1.29, 1.82) is 0 Å². The Labute approximate surface area is 86.1 Å². The highest BCUT2D eigenvalue weighted by molar-refractivity contribution is 5.63. The molecule has 0 bridgehead atoms. The first-order valence-electron chi connectivity index (χ1n) is 5.49. The number of hydrogen-bond acceptors (Lipinski definition) is 3. The third kappa shape index (κ3) is 11.4. The molecular weight excluding hydrogens is 180 g/mol. The fraction of sp³-hybridized carbons (Fsp3) is 0.900. The van der Waals surface area contributed by atoms with Crippen molar-refractivity contribution < 1.29 is 15.2 Å². The van der Waals surface area contributed by atoms with Gasteiger partial charge in [-0.3, -0.25) is 0 Å². The molecule has 0 atom stereocenters. The van der Waals surface area contributed by atoms with Gasteiger partial charge in [-0.05, 0) is 12.8 Å². The van der Waals surface area contributed by atoms with E-state index in [0.717, 1.165) is 19.3 Å². The Bertz CT molecular complexity index is 125. The number of nitrogens with one attached hydrogen (secondary N) is 1. The third-order valence-electron chi connectivity index (χ3n) is 2.03. The minimum atomic E-state index is -0.932. The summed E-state index contributed by atoms with van der Waals surface area (Å²) in [6.07, 6.45) is 3.04. The SMILES string of the molecule is C1C[NH2+]CCN1.CCCCCC(=O)[O-]. The predicted molar refractivity (Wildman–Crippen MR) is 53.7 cm³/mol. The molecule has 0 saturated carbocycles. The van der Waals surface area contributed by atoms with Crippen molar-refractivity contribution in [3.63, 3.8) is 0 Å². The molecule has 0 radical (unpaired) electrons. The van der Waals surface area contributed by atoms with Gasteiger partial charge in [0.25, 0.3) is 0 Å². The molecule has 14 heavy (non-hydrogen) atoms. The summed E-state index contributed by atoms with van der Waals surface area (Å²) in [6, 6.07) is 0. The summed E-state index contributed by atoms with van der Waals surface area (Å²) in [4.78, 5) is 9.76. The molecule has 1 saturated heterocycles. The van der Waals surface area contributed by atoms with E-state index in [1.807, 2.05) is 6.92 Å². The van der Waals surface area contributed by atoms with E-state index < -0.39 is 5.97 Å². The van der Waals surface area contributed by atoms with Gasteiger partial charge in [-0.1, -0.05) is 19.8 Å². The standard InChI is InChI=1S/C6H12O2.C4H10N2/c1-2-3-4-5-6(7)8;1-2-6-4-3-5-1/h2-5H2,1H3,(H,7,8);5-6H,1-4H2. The van der Waals surface area contributed by atoms with Crippen LogP contribution in [0.3, 0.4) is 0 Å². The molecule has 1 heterocycles. The topological polar surface area (TPSA) is 68.8 Å². The van der Waals surface area contributed by atoms with Crippen molar-refractivity contribution in [2.24, 2.45) is 0 Å². The molecule has 4 nitrogen and oxygen atoms in total. The second kappa shape index (κ2) is 10.5. The summed E-state index contributed by atoms with van der Waals surface area (Å²) in [7, 11) is 0. The van der Waals surface area contributed by atoms with Crippen LogP contribution in [-0.2, 0) is 4.79 Å². The van der Waals surface area contributed by atoms with Gasteiger partial charge in [0.15, 0.2) is 0 Å². The second-order valence-corrected chi connectivity index (χ2v) is 3.45. The van der Waals surface area contributed by atoms with Gasteiger partial charge in [0.05, 0.1) is 13.1 Å². The van der Waals surface area contributed by atoms with E-state index in [0.29, 0.717) is 0 Å². The Balaban J connectivity index is 0.000000249. The minimum absolute atomic E-state index is 0.216. The maximum atomic E-state index is 9.76. The Morgan fingerprint density at radius 2 is 2.00 bits per heavy atom. The Hall–Kier alpha value is -0.610. The third-order valence-corrected chi connectivity index (χ3v) is 2.03. The van der Waals surface area contributed by atoms with E-state index in [2.05, 4.69) is 10.6 Å². The first-order chi connectivity index (χ1) is 6.77. The molecular formula is C10H22N2O2. The van der Waals surface area contributed by atoms with Crippen LogP contribution in [-0.4, -0.2) is 32.1 Å². The average Bonchev–Trinajstić information content (AvgIpc) is 2.21. The molecule has 1 rings (SSSR count). The number of unbranched alkanes of at least 4 members (excludes halogenated alkanes) is 2. The van der Waals surface area contributed by atoms with E-state index in [9.17, 15) is 9.90 Å². The molecule has 0 amide bonds.